The van der Waals surface area contributed by atoms with Crippen molar-refractivity contribution in [1.82, 2.24) is 0 Å². The van der Waals surface area contributed by atoms with Crippen LogP contribution < -0.4 is 0 Å². The van der Waals surface area contributed by atoms with Gasteiger partial charge in [0.25, 0.3) is 0 Å². The molecule has 0 radical (unpaired) electrons. The maximum atomic E-state index is 4.02. The zero-order chi connectivity index (χ0) is 13.7. The molecule has 0 aromatic carbocycles. The van der Waals surface area contributed by atoms with Crippen molar-refractivity contribution in [1.29, 1.82) is 0 Å². The third kappa shape index (κ3) is 11.2. The SMILES string of the molecule is C=C(C)CC.C=C(CCC)C1=CC=CC1.CC. The van der Waals surface area contributed by atoms with Crippen LogP contribution in [0.5, 0.6) is 0 Å². The average Bonchev–Trinajstić information content (AvgIpc) is 2.86. The molecule has 0 unspecified atom stereocenters. The van der Waals surface area contributed by atoms with E-state index in [1.165, 1.54) is 23.1 Å². The number of rotatable bonds is 4. The van der Waals surface area contributed by atoms with Crippen LogP contribution in [0, 0.1) is 0 Å². The highest BCUT2D eigenvalue weighted by Gasteiger charge is 2.01. The number of allylic oxidation sites excluding steroid dienone is 6. The lowest BCUT2D eigenvalue weighted by molar-refractivity contribution is 0.909. The van der Waals surface area contributed by atoms with E-state index in [1.807, 2.05) is 20.8 Å². The summed E-state index contributed by atoms with van der Waals surface area (Å²) in [4.78, 5) is 0. The average molecular weight is 234 g/mol. The van der Waals surface area contributed by atoms with Crippen LogP contribution >= 0.6 is 0 Å². The monoisotopic (exact) mass is 234 g/mol. The fourth-order valence-corrected chi connectivity index (χ4v) is 1.17. The Hall–Kier alpha value is -1.04. The van der Waals surface area contributed by atoms with Gasteiger partial charge in [0.05, 0.1) is 0 Å². The topological polar surface area (TPSA) is 0 Å². The molecule has 0 aromatic heterocycles. The molecule has 0 heteroatoms. The van der Waals surface area contributed by atoms with Gasteiger partial charge < -0.3 is 0 Å². The smallest absolute Gasteiger partial charge is 0.00918 e. The summed E-state index contributed by atoms with van der Waals surface area (Å²) in [5, 5.41) is 0. The lowest BCUT2D eigenvalue weighted by atomic mass is 10.0. The van der Waals surface area contributed by atoms with Crippen molar-refractivity contribution >= 4 is 0 Å². The standard InChI is InChI=1S/C10H14.C5H10.C2H6/c1-3-6-9(2)10-7-4-5-8-10;1-4-5(2)3;1-2/h4-5,7H,2-3,6,8H2,1H3;2,4H2,1,3H3;1-2H3. The third-order valence-corrected chi connectivity index (χ3v) is 2.38. The maximum absolute atomic E-state index is 4.02. The van der Waals surface area contributed by atoms with Gasteiger partial charge in [-0.1, -0.05) is 70.1 Å². The van der Waals surface area contributed by atoms with Crippen LogP contribution in [0.1, 0.15) is 60.3 Å². The van der Waals surface area contributed by atoms with Crippen molar-refractivity contribution < 1.29 is 0 Å². The fraction of sp³-hybridized carbons (Fsp3) is 0.529. The maximum Gasteiger partial charge on any atom is -0.00918 e. The zero-order valence-corrected chi connectivity index (χ0v) is 12.5. The molecule has 0 fully saturated rings. The summed E-state index contributed by atoms with van der Waals surface area (Å²) in [5.74, 6) is 0. The van der Waals surface area contributed by atoms with E-state index in [2.05, 4.69) is 45.2 Å². The first kappa shape index (κ1) is 18.3. The molecule has 0 N–H and O–H groups in total. The Morgan fingerprint density at radius 1 is 1.24 bits per heavy atom. The zero-order valence-electron chi connectivity index (χ0n) is 12.5. The summed E-state index contributed by atoms with van der Waals surface area (Å²) in [6.07, 6.45) is 11.0. The van der Waals surface area contributed by atoms with Crippen molar-refractivity contribution in [3.05, 3.63) is 48.1 Å². The van der Waals surface area contributed by atoms with E-state index in [4.69, 9.17) is 0 Å². The lowest BCUT2D eigenvalue weighted by Gasteiger charge is -2.02. The van der Waals surface area contributed by atoms with Crippen LogP contribution in [0.2, 0.25) is 0 Å². The van der Waals surface area contributed by atoms with E-state index < -0.39 is 0 Å². The van der Waals surface area contributed by atoms with Gasteiger partial charge in [-0.2, -0.15) is 0 Å². The van der Waals surface area contributed by atoms with E-state index in [0.717, 1.165) is 19.3 Å². The van der Waals surface area contributed by atoms with Crippen LogP contribution in [-0.2, 0) is 0 Å². The highest BCUT2D eigenvalue weighted by molar-refractivity contribution is 5.37. The number of hydrogen-bond acceptors (Lipinski definition) is 0. The Bertz CT molecular complexity index is 264. The minimum atomic E-state index is 1.10. The van der Waals surface area contributed by atoms with E-state index in [9.17, 15) is 0 Å². The molecule has 98 valence electrons. The molecule has 0 spiro atoms. The summed E-state index contributed by atoms with van der Waals surface area (Å²) in [7, 11) is 0. The minimum absolute atomic E-state index is 1.10. The first-order chi connectivity index (χ1) is 8.11. The molecule has 1 aliphatic rings. The molecule has 0 nitrogen and oxygen atoms in total. The van der Waals surface area contributed by atoms with Gasteiger partial charge >= 0.3 is 0 Å². The molecule has 17 heavy (non-hydrogen) atoms. The molecule has 0 amide bonds. The Labute approximate surface area is 109 Å². The van der Waals surface area contributed by atoms with Crippen molar-refractivity contribution in [2.45, 2.75) is 60.3 Å². The van der Waals surface area contributed by atoms with E-state index in [0.29, 0.717) is 0 Å². The summed E-state index contributed by atoms with van der Waals surface area (Å²) >= 11 is 0. The molecule has 1 aliphatic carbocycles. The first-order valence-corrected chi connectivity index (χ1v) is 6.80. The predicted octanol–water partition coefficient (Wildman–Crippen LogP) is 6.23. The van der Waals surface area contributed by atoms with Gasteiger partial charge in [-0.15, -0.1) is 6.58 Å². The summed E-state index contributed by atoms with van der Waals surface area (Å²) < 4.78 is 0. The predicted molar refractivity (Wildman–Crippen MR) is 82.3 cm³/mol. The van der Waals surface area contributed by atoms with Gasteiger partial charge in [-0.3, -0.25) is 0 Å². The highest BCUT2D eigenvalue weighted by Crippen LogP contribution is 2.21. The van der Waals surface area contributed by atoms with Crippen LogP contribution in [0.3, 0.4) is 0 Å². The normalized spacial score (nSPS) is 11.7. The van der Waals surface area contributed by atoms with Gasteiger partial charge in [0.1, 0.15) is 0 Å². The van der Waals surface area contributed by atoms with E-state index in [-0.39, 0.29) is 0 Å². The summed E-state index contributed by atoms with van der Waals surface area (Å²) in [5.41, 5.74) is 3.99. The van der Waals surface area contributed by atoms with Crippen molar-refractivity contribution in [2.24, 2.45) is 0 Å². The molecular weight excluding hydrogens is 204 g/mol. The Kier molecular flexibility index (Phi) is 14.0. The number of hydrogen-bond donors (Lipinski definition) is 0. The Morgan fingerprint density at radius 3 is 2.06 bits per heavy atom. The molecule has 0 saturated carbocycles. The van der Waals surface area contributed by atoms with E-state index >= 15 is 0 Å². The Morgan fingerprint density at radius 2 is 1.76 bits per heavy atom. The van der Waals surface area contributed by atoms with Gasteiger partial charge in [-0.05, 0) is 31.8 Å². The molecule has 1 rings (SSSR count). The van der Waals surface area contributed by atoms with Crippen LogP contribution in [0.4, 0.5) is 0 Å². The van der Waals surface area contributed by atoms with Gasteiger partial charge in [0.15, 0.2) is 0 Å². The fourth-order valence-electron chi connectivity index (χ4n) is 1.17. The molecule has 0 saturated heterocycles. The van der Waals surface area contributed by atoms with Crippen molar-refractivity contribution in [3.8, 4) is 0 Å². The second-order valence-electron chi connectivity index (χ2n) is 3.99. The quantitative estimate of drug-likeness (QED) is 0.506. The second kappa shape index (κ2) is 13.0. The lowest BCUT2D eigenvalue weighted by Crippen LogP contribution is -1.83. The molecule has 0 atom stereocenters. The van der Waals surface area contributed by atoms with Crippen LogP contribution in [-0.4, -0.2) is 0 Å². The second-order valence-corrected chi connectivity index (χ2v) is 3.99. The minimum Gasteiger partial charge on any atom is -0.100 e. The van der Waals surface area contributed by atoms with Crippen molar-refractivity contribution in [2.75, 3.05) is 0 Å². The Balaban J connectivity index is 0. The third-order valence-electron chi connectivity index (χ3n) is 2.38. The van der Waals surface area contributed by atoms with Crippen LogP contribution in [0.25, 0.3) is 0 Å². The largest absolute Gasteiger partial charge is 0.100 e. The first-order valence-electron chi connectivity index (χ1n) is 6.80. The molecule has 0 bridgehead atoms. The summed E-state index contributed by atoms with van der Waals surface area (Å²) in [6.45, 7) is 18.0. The highest BCUT2D eigenvalue weighted by atomic mass is 14.1. The molecule has 0 heterocycles. The molecule has 0 aromatic rings. The van der Waals surface area contributed by atoms with Gasteiger partial charge in [-0.25, -0.2) is 0 Å². The summed E-state index contributed by atoms with van der Waals surface area (Å²) in [6, 6.07) is 0. The molecule has 0 aliphatic heterocycles. The molecular formula is C17H30. The van der Waals surface area contributed by atoms with Gasteiger partial charge in [0, 0.05) is 0 Å². The van der Waals surface area contributed by atoms with Crippen molar-refractivity contribution in [3.63, 3.8) is 0 Å². The van der Waals surface area contributed by atoms with E-state index in [1.54, 1.807) is 0 Å². The van der Waals surface area contributed by atoms with Crippen LogP contribution in [0.15, 0.2) is 48.1 Å². The van der Waals surface area contributed by atoms with Gasteiger partial charge in [0.2, 0.25) is 0 Å².